The normalized spacial score (nSPS) is 12.8. The Labute approximate surface area is 299 Å². The second-order valence-corrected chi connectivity index (χ2v) is 13.5. The standard InChI is InChI=1S/C47H30N4O/c1-2-13-31(14-3-1)45-48-46(50-47(49-45)33-23-26-42-38(28-33)37-19-8-9-20-41(37)52-42)32-15-10-16-34(27-32)51-39-24-21-29-11-4-6-17-35(29)43(39)44-36-18-7-5-12-30(36)22-25-40(44)51/h1-4,6-11,13-28H,5,12H2. The third kappa shape index (κ3) is 4.46. The molecular weight excluding hydrogens is 637 g/mol. The molecule has 52 heavy (non-hydrogen) atoms. The van der Waals surface area contributed by atoms with Crippen molar-refractivity contribution in [1.29, 1.82) is 0 Å². The number of hydrogen-bond acceptors (Lipinski definition) is 4. The van der Waals surface area contributed by atoms with Crippen molar-refractivity contribution in [3.05, 3.63) is 163 Å². The van der Waals surface area contributed by atoms with Gasteiger partial charge in [-0.2, -0.15) is 0 Å². The van der Waals surface area contributed by atoms with Crippen molar-refractivity contribution in [3.63, 3.8) is 0 Å². The maximum atomic E-state index is 6.13. The van der Waals surface area contributed by atoms with Crippen LogP contribution in [0.15, 0.2) is 156 Å². The second kappa shape index (κ2) is 11.3. The van der Waals surface area contributed by atoms with Gasteiger partial charge in [0.15, 0.2) is 17.5 Å². The summed E-state index contributed by atoms with van der Waals surface area (Å²) < 4.78 is 8.54. The molecule has 3 heterocycles. The fraction of sp³-hybridized carbons (Fsp3) is 0.0426. The molecule has 1 aliphatic rings. The maximum Gasteiger partial charge on any atom is 0.164 e. The van der Waals surface area contributed by atoms with E-state index in [0.717, 1.165) is 57.2 Å². The molecule has 7 aromatic carbocycles. The van der Waals surface area contributed by atoms with E-state index in [0.29, 0.717) is 17.5 Å². The molecule has 5 heteroatoms. The molecule has 0 saturated heterocycles. The molecule has 0 atom stereocenters. The molecule has 0 aliphatic heterocycles. The zero-order valence-corrected chi connectivity index (χ0v) is 28.1. The average molecular weight is 667 g/mol. The first-order chi connectivity index (χ1) is 25.8. The lowest BCUT2D eigenvalue weighted by Gasteiger charge is -2.14. The van der Waals surface area contributed by atoms with Crippen LogP contribution >= 0.6 is 0 Å². The Morgan fingerprint density at radius 2 is 1.19 bits per heavy atom. The van der Waals surface area contributed by atoms with Gasteiger partial charge >= 0.3 is 0 Å². The Morgan fingerprint density at radius 1 is 0.500 bits per heavy atom. The van der Waals surface area contributed by atoms with Crippen molar-refractivity contribution in [2.75, 3.05) is 0 Å². The summed E-state index contributed by atoms with van der Waals surface area (Å²) in [5.74, 6) is 1.86. The summed E-state index contributed by atoms with van der Waals surface area (Å²) in [5, 5.41) is 7.21. The van der Waals surface area contributed by atoms with Crippen LogP contribution in [-0.2, 0) is 6.42 Å². The summed E-state index contributed by atoms with van der Waals surface area (Å²) in [6.07, 6.45) is 6.77. The Morgan fingerprint density at radius 3 is 2.08 bits per heavy atom. The van der Waals surface area contributed by atoms with Crippen LogP contribution in [0.4, 0.5) is 0 Å². The number of nitrogens with zero attached hydrogens (tertiary/aromatic N) is 4. The van der Waals surface area contributed by atoms with E-state index in [2.05, 4.69) is 102 Å². The van der Waals surface area contributed by atoms with Crippen molar-refractivity contribution in [1.82, 2.24) is 19.5 Å². The van der Waals surface area contributed by atoms with E-state index in [-0.39, 0.29) is 0 Å². The zero-order valence-electron chi connectivity index (χ0n) is 28.1. The van der Waals surface area contributed by atoms with Gasteiger partial charge in [0.25, 0.3) is 0 Å². The predicted octanol–water partition coefficient (Wildman–Crippen LogP) is 12.0. The Hall–Kier alpha value is -6.85. The van der Waals surface area contributed by atoms with Crippen molar-refractivity contribution < 1.29 is 4.42 Å². The van der Waals surface area contributed by atoms with Crippen molar-refractivity contribution in [3.8, 4) is 39.9 Å². The van der Waals surface area contributed by atoms with Gasteiger partial charge in [0.2, 0.25) is 0 Å². The maximum absolute atomic E-state index is 6.13. The van der Waals surface area contributed by atoms with E-state index in [4.69, 9.17) is 19.4 Å². The molecular formula is C47H30N4O. The summed E-state index contributed by atoms with van der Waals surface area (Å²) in [6, 6.07) is 50.9. The number of aryl methyl sites for hydroxylation is 1. The molecule has 0 fully saturated rings. The lowest BCUT2D eigenvalue weighted by atomic mass is 9.92. The van der Waals surface area contributed by atoms with E-state index >= 15 is 0 Å². The second-order valence-electron chi connectivity index (χ2n) is 13.5. The van der Waals surface area contributed by atoms with Gasteiger partial charge in [-0.3, -0.25) is 0 Å². The Bertz CT molecular complexity index is 3080. The molecule has 10 aromatic rings. The monoisotopic (exact) mass is 666 g/mol. The highest BCUT2D eigenvalue weighted by molar-refractivity contribution is 6.23. The number of benzene rings is 7. The molecule has 0 N–H and O–H groups in total. The summed E-state index contributed by atoms with van der Waals surface area (Å²) in [5.41, 5.74) is 10.6. The molecule has 0 bridgehead atoms. The highest BCUT2D eigenvalue weighted by Crippen LogP contribution is 2.41. The van der Waals surface area contributed by atoms with Crippen LogP contribution in [0.1, 0.15) is 17.5 Å². The van der Waals surface area contributed by atoms with E-state index in [1.54, 1.807) is 0 Å². The molecule has 0 spiro atoms. The average Bonchev–Trinajstić information content (AvgIpc) is 3.77. The topological polar surface area (TPSA) is 56.7 Å². The molecule has 0 unspecified atom stereocenters. The summed E-state index contributed by atoms with van der Waals surface area (Å²) >= 11 is 0. The number of hydrogen-bond donors (Lipinski definition) is 0. The van der Waals surface area contributed by atoms with Gasteiger partial charge in [-0.1, -0.05) is 109 Å². The van der Waals surface area contributed by atoms with Crippen LogP contribution in [0, 0.1) is 0 Å². The first-order valence-corrected chi connectivity index (χ1v) is 17.8. The van der Waals surface area contributed by atoms with Crippen molar-refractivity contribution in [2.45, 2.75) is 12.8 Å². The highest BCUT2D eigenvalue weighted by Gasteiger charge is 2.21. The first kappa shape index (κ1) is 28.9. The molecule has 0 radical (unpaired) electrons. The van der Waals surface area contributed by atoms with Gasteiger partial charge in [-0.05, 0) is 83.3 Å². The Kier molecular flexibility index (Phi) is 6.31. The van der Waals surface area contributed by atoms with E-state index < -0.39 is 0 Å². The van der Waals surface area contributed by atoms with Crippen LogP contribution in [0.2, 0.25) is 0 Å². The van der Waals surface area contributed by atoms with Crippen LogP contribution in [0.5, 0.6) is 0 Å². The van der Waals surface area contributed by atoms with Crippen LogP contribution < -0.4 is 0 Å². The third-order valence-electron chi connectivity index (χ3n) is 10.5. The summed E-state index contributed by atoms with van der Waals surface area (Å²) in [6.45, 7) is 0. The van der Waals surface area contributed by atoms with E-state index in [9.17, 15) is 0 Å². The fourth-order valence-corrected chi connectivity index (χ4v) is 8.07. The Balaban J connectivity index is 1.13. The SMILES string of the molecule is C1=Cc2c(ccc3c2c2c4ccccc4ccc2n3-c2cccc(-c3nc(-c4ccccc4)nc(-c4ccc5oc6ccccc6c5c4)n3)c2)CC1. The number of para-hydroxylation sites is 1. The van der Waals surface area contributed by atoms with Gasteiger partial charge in [-0.15, -0.1) is 0 Å². The number of furan rings is 1. The summed E-state index contributed by atoms with van der Waals surface area (Å²) in [7, 11) is 0. The minimum atomic E-state index is 0.614. The summed E-state index contributed by atoms with van der Waals surface area (Å²) in [4.78, 5) is 15.3. The van der Waals surface area contributed by atoms with E-state index in [1.807, 2.05) is 60.7 Å². The van der Waals surface area contributed by atoms with Gasteiger partial charge in [0, 0.05) is 43.9 Å². The molecule has 244 valence electrons. The lowest BCUT2D eigenvalue weighted by molar-refractivity contribution is 0.669. The molecule has 5 nitrogen and oxygen atoms in total. The fourth-order valence-electron chi connectivity index (χ4n) is 8.07. The van der Waals surface area contributed by atoms with Crippen molar-refractivity contribution in [2.24, 2.45) is 0 Å². The predicted molar refractivity (Wildman–Crippen MR) is 213 cm³/mol. The van der Waals surface area contributed by atoms with Gasteiger partial charge < -0.3 is 8.98 Å². The number of aromatic nitrogens is 4. The van der Waals surface area contributed by atoms with Crippen LogP contribution in [0.25, 0.3) is 100 Å². The van der Waals surface area contributed by atoms with Crippen molar-refractivity contribution >= 4 is 60.6 Å². The van der Waals surface area contributed by atoms with Crippen LogP contribution in [-0.4, -0.2) is 19.5 Å². The minimum Gasteiger partial charge on any atom is -0.456 e. The minimum absolute atomic E-state index is 0.614. The quantitative estimate of drug-likeness (QED) is 0.188. The first-order valence-electron chi connectivity index (χ1n) is 17.8. The third-order valence-corrected chi connectivity index (χ3v) is 10.5. The number of fused-ring (bicyclic) bond motifs is 10. The van der Waals surface area contributed by atoms with Gasteiger partial charge in [0.05, 0.1) is 11.0 Å². The molecule has 1 aliphatic carbocycles. The van der Waals surface area contributed by atoms with E-state index in [1.165, 1.54) is 43.7 Å². The van der Waals surface area contributed by atoms with Crippen LogP contribution in [0.3, 0.4) is 0 Å². The largest absolute Gasteiger partial charge is 0.456 e. The molecule has 3 aromatic heterocycles. The molecule has 0 amide bonds. The molecule has 11 rings (SSSR count). The van der Waals surface area contributed by atoms with Gasteiger partial charge in [0.1, 0.15) is 11.2 Å². The van der Waals surface area contributed by atoms with Gasteiger partial charge in [-0.25, -0.2) is 15.0 Å². The highest BCUT2D eigenvalue weighted by atomic mass is 16.3. The zero-order chi connectivity index (χ0) is 34.2. The lowest BCUT2D eigenvalue weighted by Crippen LogP contribution is -2.01. The number of allylic oxidation sites excluding steroid dienone is 1. The molecule has 0 saturated carbocycles. The smallest absolute Gasteiger partial charge is 0.164 e. The number of rotatable bonds is 4.